The maximum atomic E-state index is 12.3. The Labute approximate surface area is 113 Å². The van der Waals surface area contributed by atoms with Gasteiger partial charge in [-0.25, -0.2) is 0 Å². The minimum Gasteiger partial charge on any atom is -0.336 e. The molecule has 0 aliphatic carbocycles. The summed E-state index contributed by atoms with van der Waals surface area (Å²) in [7, 11) is 0. The Morgan fingerprint density at radius 1 is 1.16 bits per heavy atom. The van der Waals surface area contributed by atoms with Crippen molar-refractivity contribution in [3.63, 3.8) is 0 Å². The maximum absolute atomic E-state index is 12.3. The second-order valence-corrected chi connectivity index (χ2v) is 5.89. The molecule has 2 rings (SSSR count). The van der Waals surface area contributed by atoms with Crippen LogP contribution < -0.4 is 5.56 Å². The molecule has 5 nitrogen and oxygen atoms in total. The van der Waals surface area contributed by atoms with Crippen LogP contribution in [0.1, 0.15) is 31.1 Å². The van der Waals surface area contributed by atoms with E-state index < -0.39 is 0 Å². The van der Waals surface area contributed by atoms with Crippen molar-refractivity contribution >= 4 is 5.91 Å². The lowest BCUT2D eigenvalue weighted by molar-refractivity contribution is 0.0451. The molecule has 0 atom stereocenters. The first-order valence-electron chi connectivity index (χ1n) is 6.61. The van der Waals surface area contributed by atoms with E-state index in [9.17, 15) is 9.59 Å². The van der Waals surface area contributed by atoms with Gasteiger partial charge in [0.15, 0.2) is 0 Å². The first kappa shape index (κ1) is 13.8. The van der Waals surface area contributed by atoms with Crippen LogP contribution in [-0.2, 0) is 0 Å². The van der Waals surface area contributed by atoms with Crippen LogP contribution >= 0.6 is 0 Å². The second kappa shape index (κ2) is 5.17. The molecule has 1 aromatic rings. The molecule has 2 heterocycles. The van der Waals surface area contributed by atoms with Gasteiger partial charge in [0.05, 0.1) is 5.56 Å². The van der Waals surface area contributed by atoms with Crippen LogP contribution in [-0.4, -0.2) is 52.4 Å². The highest BCUT2D eigenvalue weighted by atomic mass is 16.2. The fraction of sp³-hybridized carbons (Fsp3) is 0.571. The van der Waals surface area contributed by atoms with Crippen molar-refractivity contribution in [3.8, 4) is 0 Å². The van der Waals surface area contributed by atoms with Crippen LogP contribution in [0.4, 0.5) is 0 Å². The van der Waals surface area contributed by atoms with Gasteiger partial charge in [-0.3, -0.25) is 14.5 Å². The van der Waals surface area contributed by atoms with E-state index in [2.05, 4.69) is 30.7 Å². The Morgan fingerprint density at radius 3 is 2.26 bits per heavy atom. The average molecular weight is 263 g/mol. The van der Waals surface area contributed by atoms with Crippen molar-refractivity contribution in [2.24, 2.45) is 0 Å². The Morgan fingerprint density at radius 2 is 1.79 bits per heavy atom. The number of H-pyrrole nitrogens is 1. The van der Waals surface area contributed by atoms with Gasteiger partial charge in [0.25, 0.3) is 5.91 Å². The van der Waals surface area contributed by atoms with Crippen LogP contribution in [0.2, 0.25) is 0 Å². The molecular formula is C14H21N3O2. The fourth-order valence-electron chi connectivity index (χ4n) is 2.31. The molecule has 19 heavy (non-hydrogen) atoms. The quantitative estimate of drug-likeness (QED) is 0.820. The number of aromatic amines is 1. The minimum atomic E-state index is -0.186. The molecule has 1 aliphatic heterocycles. The predicted molar refractivity (Wildman–Crippen MR) is 74.3 cm³/mol. The van der Waals surface area contributed by atoms with E-state index in [4.69, 9.17) is 0 Å². The zero-order valence-electron chi connectivity index (χ0n) is 11.8. The van der Waals surface area contributed by atoms with E-state index in [1.54, 1.807) is 6.07 Å². The summed E-state index contributed by atoms with van der Waals surface area (Å²) < 4.78 is 0. The Balaban J connectivity index is 2.00. The Kier molecular flexibility index (Phi) is 3.75. The number of nitrogens with one attached hydrogen (secondary N) is 1. The number of aromatic nitrogens is 1. The number of amides is 1. The second-order valence-electron chi connectivity index (χ2n) is 5.89. The van der Waals surface area contributed by atoms with Crippen molar-refractivity contribution in [3.05, 3.63) is 34.2 Å². The van der Waals surface area contributed by atoms with Crippen LogP contribution in [0.3, 0.4) is 0 Å². The standard InChI is InChI=1S/C14H21N3O2/c1-14(2,3)17-8-6-16(7-9-17)13(19)11-4-5-12(18)15-10-11/h4-5,10H,6-9H2,1-3H3,(H,15,18). The van der Waals surface area contributed by atoms with E-state index in [0.717, 1.165) is 26.2 Å². The molecule has 5 heteroatoms. The lowest BCUT2D eigenvalue weighted by Gasteiger charge is -2.42. The number of piperazine rings is 1. The number of rotatable bonds is 1. The van der Waals surface area contributed by atoms with Crippen molar-refractivity contribution in [1.29, 1.82) is 0 Å². The summed E-state index contributed by atoms with van der Waals surface area (Å²) in [6.45, 7) is 9.80. The van der Waals surface area contributed by atoms with Gasteiger partial charge in [0.2, 0.25) is 5.56 Å². The summed E-state index contributed by atoms with van der Waals surface area (Å²) in [4.78, 5) is 30.0. The number of nitrogens with zero attached hydrogens (tertiary/aromatic N) is 2. The van der Waals surface area contributed by atoms with Gasteiger partial charge in [-0.2, -0.15) is 0 Å². The highest BCUT2D eigenvalue weighted by Crippen LogP contribution is 2.16. The van der Waals surface area contributed by atoms with Gasteiger partial charge in [-0.05, 0) is 26.8 Å². The SMILES string of the molecule is CC(C)(C)N1CCN(C(=O)c2ccc(=O)[nH]c2)CC1. The molecule has 0 saturated carbocycles. The lowest BCUT2D eigenvalue weighted by Crippen LogP contribution is -2.54. The topological polar surface area (TPSA) is 56.4 Å². The zero-order valence-corrected chi connectivity index (χ0v) is 11.8. The highest BCUT2D eigenvalue weighted by molar-refractivity contribution is 5.93. The van der Waals surface area contributed by atoms with E-state index in [1.807, 2.05) is 4.90 Å². The molecule has 1 aromatic heterocycles. The molecule has 0 aromatic carbocycles. The van der Waals surface area contributed by atoms with Crippen molar-refractivity contribution < 1.29 is 4.79 Å². The van der Waals surface area contributed by atoms with E-state index in [-0.39, 0.29) is 17.0 Å². The molecule has 0 unspecified atom stereocenters. The summed E-state index contributed by atoms with van der Waals surface area (Å²) in [6.07, 6.45) is 1.49. The molecule has 1 fully saturated rings. The van der Waals surface area contributed by atoms with E-state index in [1.165, 1.54) is 12.3 Å². The lowest BCUT2D eigenvalue weighted by atomic mass is 10.0. The zero-order chi connectivity index (χ0) is 14.0. The molecule has 1 saturated heterocycles. The third-order valence-electron chi connectivity index (χ3n) is 3.55. The van der Waals surface area contributed by atoms with Crippen LogP contribution in [0.15, 0.2) is 23.1 Å². The van der Waals surface area contributed by atoms with Gasteiger partial charge < -0.3 is 9.88 Å². The van der Waals surface area contributed by atoms with Gasteiger partial charge in [-0.1, -0.05) is 0 Å². The van der Waals surface area contributed by atoms with Crippen LogP contribution in [0.5, 0.6) is 0 Å². The minimum absolute atomic E-state index is 0.00944. The summed E-state index contributed by atoms with van der Waals surface area (Å²) in [6, 6.07) is 2.97. The maximum Gasteiger partial charge on any atom is 0.255 e. The molecule has 0 radical (unpaired) electrons. The first-order chi connectivity index (χ1) is 8.88. The molecule has 1 N–H and O–H groups in total. The average Bonchev–Trinajstić information content (AvgIpc) is 2.38. The fourth-order valence-corrected chi connectivity index (χ4v) is 2.31. The Hall–Kier alpha value is -1.62. The number of carbonyl (C=O) groups is 1. The molecule has 104 valence electrons. The van der Waals surface area contributed by atoms with Crippen molar-refractivity contribution in [2.75, 3.05) is 26.2 Å². The summed E-state index contributed by atoms with van der Waals surface area (Å²) in [5.41, 5.74) is 0.505. The van der Waals surface area contributed by atoms with Crippen LogP contribution in [0, 0.1) is 0 Å². The smallest absolute Gasteiger partial charge is 0.255 e. The third-order valence-corrected chi connectivity index (χ3v) is 3.55. The summed E-state index contributed by atoms with van der Waals surface area (Å²) in [5, 5.41) is 0. The summed E-state index contributed by atoms with van der Waals surface area (Å²) in [5.74, 6) is -0.00944. The predicted octanol–water partition coefficient (Wildman–Crippen LogP) is 0.931. The van der Waals surface area contributed by atoms with Gasteiger partial charge in [0.1, 0.15) is 0 Å². The molecule has 1 aliphatic rings. The third kappa shape index (κ3) is 3.23. The van der Waals surface area contributed by atoms with E-state index >= 15 is 0 Å². The molecular weight excluding hydrogens is 242 g/mol. The molecule has 0 spiro atoms. The normalized spacial score (nSPS) is 17.5. The van der Waals surface area contributed by atoms with Gasteiger partial charge in [0, 0.05) is 44.0 Å². The van der Waals surface area contributed by atoms with Gasteiger partial charge in [-0.15, -0.1) is 0 Å². The monoisotopic (exact) mass is 263 g/mol. The number of carbonyl (C=O) groups excluding carboxylic acids is 1. The first-order valence-corrected chi connectivity index (χ1v) is 6.61. The largest absolute Gasteiger partial charge is 0.336 e. The van der Waals surface area contributed by atoms with Crippen molar-refractivity contribution in [1.82, 2.24) is 14.8 Å². The highest BCUT2D eigenvalue weighted by Gasteiger charge is 2.28. The summed E-state index contributed by atoms with van der Waals surface area (Å²) >= 11 is 0. The number of hydrogen-bond acceptors (Lipinski definition) is 3. The molecule has 0 bridgehead atoms. The van der Waals surface area contributed by atoms with Gasteiger partial charge >= 0.3 is 0 Å². The number of hydrogen-bond donors (Lipinski definition) is 1. The number of pyridine rings is 1. The van der Waals surface area contributed by atoms with E-state index in [0.29, 0.717) is 5.56 Å². The Bertz CT molecular complexity index is 488. The molecule has 1 amide bonds. The van der Waals surface area contributed by atoms with Crippen molar-refractivity contribution in [2.45, 2.75) is 26.3 Å². The van der Waals surface area contributed by atoms with Crippen LogP contribution in [0.25, 0.3) is 0 Å².